The molecule has 3 nitrogen and oxygen atoms in total. The Balaban J connectivity index is 0.00000200. The molecular formula is C14H19Cl2FN2O. The number of hydrogen-bond acceptors (Lipinski definition) is 2. The highest BCUT2D eigenvalue weighted by atomic mass is 35.5. The third kappa shape index (κ3) is 4.08. The Labute approximate surface area is 129 Å². The van der Waals surface area contributed by atoms with Crippen molar-refractivity contribution in [3.05, 3.63) is 34.6 Å². The average molecular weight is 321 g/mol. The normalized spacial score (nSPS) is 15.6. The second-order valence-electron chi connectivity index (χ2n) is 4.86. The predicted molar refractivity (Wildman–Crippen MR) is 81.0 cm³/mol. The lowest BCUT2D eigenvalue weighted by Crippen LogP contribution is -2.44. The molecule has 1 N–H and O–H groups in total. The van der Waals surface area contributed by atoms with Crippen molar-refractivity contribution in [1.29, 1.82) is 0 Å². The molecule has 1 aliphatic rings. The molecule has 112 valence electrons. The number of likely N-dealkylation sites (N-methyl/N-ethyl adjacent to an activating group) is 1. The van der Waals surface area contributed by atoms with Gasteiger partial charge in [-0.15, -0.1) is 12.4 Å². The van der Waals surface area contributed by atoms with Gasteiger partial charge < -0.3 is 10.2 Å². The summed E-state index contributed by atoms with van der Waals surface area (Å²) < 4.78 is 13.7. The van der Waals surface area contributed by atoms with Crippen molar-refractivity contribution in [3.63, 3.8) is 0 Å². The van der Waals surface area contributed by atoms with Crippen LogP contribution in [0.2, 0.25) is 5.02 Å². The highest BCUT2D eigenvalue weighted by Crippen LogP contribution is 2.21. The van der Waals surface area contributed by atoms with Crippen molar-refractivity contribution in [2.45, 2.75) is 25.3 Å². The Morgan fingerprint density at radius 2 is 2.10 bits per heavy atom. The van der Waals surface area contributed by atoms with Gasteiger partial charge in [-0.3, -0.25) is 4.79 Å². The summed E-state index contributed by atoms with van der Waals surface area (Å²) in [5.41, 5.74) is 0.287. The zero-order valence-electron chi connectivity index (χ0n) is 11.4. The molecule has 0 aromatic heterocycles. The van der Waals surface area contributed by atoms with E-state index in [1.807, 2.05) is 0 Å². The summed E-state index contributed by atoms with van der Waals surface area (Å²) in [6, 6.07) is 4.72. The van der Waals surface area contributed by atoms with Gasteiger partial charge in [-0.25, -0.2) is 4.39 Å². The second kappa shape index (κ2) is 7.81. The molecule has 1 amide bonds. The van der Waals surface area contributed by atoms with E-state index in [0.29, 0.717) is 5.02 Å². The van der Waals surface area contributed by atoms with Gasteiger partial charge >= 0.3 is 0 Å². The van der Waals surface area contributed by atoms with Crippen LogP contribution in [-0.2, 0) is 11.2 Å². The maximum atomic E-state index is 13.7. The van der Waals surface area contributed by atoms with Crippen molar-refractivity contribution >= 4 is 29.9 Å². The summed E-state index contributed by atoms with van der Waals surface area (Å²) in [5.74, 6) is -0.501. The van der Waals surface area contributed by atoms with Gasteiger partial charge in [0.1, 0.15) is 5.82 Å². The lowest BCUT2D eigenvalue weighted by molar-refractivity contribution is -0.131. The lowest BCUT2D eigenvalue weighted by atomic mass is 10.0. The van der Waals surface area contributed by atoms with E-state index < -0.39 is 5.82 Å². The molecule has 1 aromatic rings. The van der Waals surface area contributed by atoms with Crippen LogP contribution in [-0.4, -0.2) is 37.0 Å². The number of amides is 1. The zero-order valence-corrected chi connectivity index (χ0v) is 12.9. The Morgan fingerprint density at radius 3 is 2.70 bits per heavy atom. The molecule has 20 heavy (non-hydrogen) atoms. The lowest BCUT2D eigenvalue weighted by Gasteiger charge is -2.31. The molecule has 0 unspecified atom stereocenters. The Hall–Kier alpha value is -0.840. The molecule has 6 heteroatoms. The maximum Gasteiger partial charge on any atom is 0.227 e. The van der Waals surface area contributed by atoms with Crippen LogP contribution in [0.5, 0.6) is 0 Å². The van der Waals surface area contributed by atoms with E-state index >= 15 is 0 Å². The van der Waals surface area contributed by atoms with Crippen molar-refractivity contribution < 1.29 is 9.18 Å². The van der Waals surface area contributed by atoms with E-state index in [2.05, 4.69) is 5.32 Å². The molecule has 0 bridgehead atoms. The van der Waals surface area contributed by atoms with Gasteiger partial charge in [-0.05, 0) is 38.1 Å². The Bertz CT molecular complexity index is 444. The number of carbonyl (C=O) groups is 1. The SMILES string of the molecule is CN(C(=O)Cc1c(F)cccc1Cl)C1CCNCC1.Cl. The summed E-state index contributed by atoms with van der Waals surface area (Å²) in [7, 11) is 1.78. The van der Waals surface area contributed by atoms with Gasteiger partial charge in [0.25, 0.3) is 0 Å². The number of nitrogens with one attached hydrogen (secondary N) is 1. The molecular weight excluding hydrogens is 302 g/mol. The first-order valence-electron chi connectivity index (χ1n) is 6.49. The molecule has 2 rings (SSSR count). The monoisotopic (exact) mass is 320 g/mol. The highest BCUT2D eigenvalue weighted by molar-refractivity contribution is 6.31. The second-order valence-corrected chi connectivity index (χ2v) is 5.27. The fraction of sp³-hybridized carbons (Fsp3) is 0.500. The number of nitrogens with zero attached hydrogens (tertiary/aromatic N) is 1. The highest BCUT2D eigenvalue weighted by Gasteiger charge is 2.23. The third-order valence-corrected chi connectivity index (χ3v) is 3.99. The number of hydrogen-bond donors (Lipinski definition) is 1. The molecule has 1 fully saturated rings. The molecule has 1 aromatic carbocycles. The van der Waals surface area contributed by atoms with Crippen molar-refractivity contribution in [2.75, 3.05) is 20.1 Å². The number of halogens is 3. The van der Waals surface area contributed by atoms with Crippen LogP contribution in [0.1, 0.15) is 18.4 Å². The van der Waals surface area contributed by atoms with Crippen LogP contribution in [0.3, 0.4) is 0 Å². The number of carbonyl (C=O) groups excluding carboxylic acids is 1. The molecule has 0 radical (unpaired) electrons. The molecule has 0 atom stereocenters. The van der Waals surface area contributed by atoms with E-state index in [1.54, 1.807) is 24.1 Å². The minimum absolute atomic E-state index is 0. The zero-order chi connectivity index (χ0) is 13.8. The first-order chi connectivity index (χ1) is 9.09. The first-order valence-corrected chi connectivity index (χ1v) is 6.86. The van der Waals surface area contributed by atoms with Gasteiger partial charge in [0.2, 0.25) is 5.91 Å². The topological polar surface area (TPSA) is 32.3 Å². The van der Waals surface area contributed by atoms with E-state index in [0.717, 1.165) is 25.9 Å². The number of rotatable bonds is 3. The average Bonchev–Trinajstić information content (AvgIpc) is 2.43. The fourth-order valence-electron chi connectivity index (χ4n) is 2.37. The largest absolute Gasteiger partial charge is 0.342 e. The van der Waals surface area contributed by atoms with Crippen molar-refractivity contribution in [3.8, 4) is 0 Å². The molecule has 0 saturated carbocycles. The molecule has 1 saturated heterocycles. The molecule has 1 aliphatic heterocycles. The van der Waals surface area contributed by atoms with Gasteiger partial charge in [0, 0.05) is 23.7 Å². The van der Waals surface area contributed by atoms with Crippen LogP contribution in [0.25, 0.3) is 0 Å². The van der Waals surface area contributed by atoms with Crippen molar-refractivity contribution in [1.82, 2.24) is 10.2 Å². The number of benzene rings is 1. The van der Waals surface area contributed by atoms with Crippen LogP contribution in [0.4, 0.5) is 4.39 Å². The summed E-state index contributed by atoms with van der Waals surface area (Å²) in [6.45, 7) is 1.84. The Kier molecular flexibility index (Phi) is 6.72. The molecule has 1 heterocycles. The maximum absolute atomic E-state index is 13.7. The van der Waals surface area contributed by atoms with E-state index in [-0.39, 0.29) is 36.3 Å². The first kappa shape index (κ1) is 17.2. The van der Waals surface area contributed by atoms with Gasteiger partial charge in [0.15, 0.2) is 0 Å². The quantitative estimate of drug-likeness (QED) is 0.928. The number of piperidine rings is 1. The van der Waals surface area contributed by atoms with Gasteiger partial charge in [-0.2, -0.15) is 0 Å². The summed E-state index contributed by atoms with van der Waals surface area (Å²) >= 11 is 5.94. The summed E-state index contributed by atoms with van der Waals surface area (Å²) in [5, 5.41) is 3.57. The van der Waals surface area contributed by atoms with Gasteiger partial charge in [-0.1, -0.05) is 17.7 Å². The standard InChI is InChI=1S/C14H18ClFN2O.ClH/c1-18(10-5-7-17-8-6-10)14(19)9-11-12(15)3-2-4-13(11)16;/h2-4,10,17H,5-9H2,1H3;1H. The minimum atomic E-state index is -0.417. The molecule has 0 spiro atoms. The van der Waals surface area contributed by atoms with Crippen LogP contribution >= 0.6 is 24.0 Å². The predicted octanol–water partition coefficient (Wildman–Crippen LogP) is 2.65. The van der Waals surface area contributed by atoms with Gasteiger partial charge in [0.05, 0.1) is 6.42 Å². The Morgan fingerprint density at radius 1 is 1.45 bits per heavy atom. The van der Waals surface area contributed by atoms with E-state index in [4.69, 9.17) is 11.6 Å². The van der Waals surface area contributed by atoms with Crippen LogP contribution < -0.4 is 5.32 Å². The van der Waals surface area contributed by atoms with Crippen LogP contribution in [0.15, 0.2) is 18.2 Å². The summed E-state index contributed by atoms with van der Waals surface area (Å²) in [6.07, 6.45) is 1.90. The summed E-state index contributed by atoms with van der Waals surface area (Å²) in [4.78, 5) is 13.9. The van der Waals surface area contributed by atoms with Crippen molar-refractivity contribution in [2.24, 2.45) is 0 Å². The third-order valence-electron chi connectivity index (χ3n) is 3.64. The smallest absolute Gasteiger partial charge is 0.227 e. The molecule has 0 aliphatic carbocycles. The minimum Gasteiger partial charge on any atom is -0.342 e. The van der Waals surface area contributed by atoms with Crippen LogP contribution in [0, 0.1) is 5.82 Å². The van der Waals surface area contributed by atoms with E-state index in [1.165, 1.54) is 6.07 Å². The van der Waals surface area contributed by atoms with E-state index in [9.17, 15) is 9.18 Å². The fourth-order valence-corrected chi connectivity index (χ4v) is 2.60.